The second kappa shape index (κ2) is 10.0. The molecule has 0 saturated carbocycles. The largest absolute Gasteiger partial charge is 0.484 e. The van der Waals surface area contributed by atoms with E-state index in [9.17, 15) is 14.4 Å². The number of primary amides is 1. The number of nitrogens with one attached hydrogen (secondary N) is 1. The summed E-state index contributed by atoms with van der Waals surface area (Å²) in [7, 11) is 0. The van der Waals surface area contributed by atoms with Crippen LogP contribution in [0.25, 0.3) is 0 Å². The van der Waals surface area contributed by atoms with Gasteiger partial charge in [0.1, 0.15) is 5.75 Å². The van der Waals surface area contributed by atoms with Gasteiger partial charge in [-0.1, -0.05) is 37.3 Å². The summed E-state index contributed by atoms with van der Waals surface area (Å²) in [5.74, 6) is -1.06. The monoisotopic (exact) mass is 500 g/mol. The maximum atomic E-state index is 13.0. The van der Waals surface area contributed by atoms with E-state index >= 15 is 0 Å². The van der Waals surface area contributed by atoms with Gasteiger partial charge in [0.25, 0.3) is 5.91 Å². The van der Waals surface area contributed by atoms with Crippen molar-refractivity contribution in [1.29, 1.82) is 0 Å². The number of benzene rings is 2. The van der Waals surface area contributed by atoms with Crippen molar-refractivity contribution < 1.29 is 19.1 Å². The van der Waals surface area contributed by atoms with Crippen LogP contribution in [0.15, 0.2) is 73.1 Å². The lowest BCUT2D eigenvalue weighted by atomic mass is 9.57. The Hall–Kier alpha value is -4.20. The highest BCUT2D eigenvalue weighted by Crippen LogP contribution is 2.54. The van der Waals surface area contributed by atoms with Crippen LogP contribution >= 0.6 is 0 Å². The fourth-order valence-corrected chi connectivity index (χ4v) is 5.74. The van der Waals surface area contributed by atoms with Crippen molar-refractivity contribution in [2.45, 2.75) is 45.2 Å². The number of nitrogens with zero attached hydrogens (tertiary/aromatic N) is 2. The zero-order chi connectivity index (χ0) is 26.8. The van der Waals surface area contributed by atoms with E-state index in [1.54, 1.807) is 29.4 Å². The number of anilines is 1. The molecule has 0 saturated heterocycles. The Labute approximate surface area is 216 Å². The molecule has 0 radical (unpaired) electrons. The van der Waals surface area contributed by atoms with E-state index in [2.05, 4.69) is 10.3 Å². The van der Waals surface area contributed by atoms with Crippen LogP contribution in [0.3, 0.4) is 0 Å². The number of pyridine rings is 1. The molecule has 2 aromatic carbocycles. The summed E-state index contributed by atoms with van der Waals surface area (Å²) >= 11 is 0. The topological polar surface area (TPSA) is 115 Å². The molecule has 3 aromatic rings. The molecule has 1 aliphatic rings. The van der Waals surface area contributed by atoms with Crippen molar-refractivity contribution in [1.82, 2.24) is 10.3 Å². The number of aromatic nitrogens is 1. The van der Waals surface area contributed by atoms with Gasteiger partial charge in [0.15, 0.2) is 6.61 Å². The molecule has 3 amide bonds. The van der Waals surface area contributed by atoms with Crippen LogP contribution < -0.4 is 20.7 Å². The molecule has 2 atom stereocenters. The molecule has 8 heteroatoms. The van der Waals surface area contributed by atoms with Crippen LogP contribution in [0, 0.1) is 5.92 Å². The van der Waals surface area contributed by atoms with E-state index in [1.807, 2.05) is 69.3 Å². The van der Waals surface area contributed by atoms with E-state index in [4.69, 9.17) is 10.5 Å². The van der Waals surface area contributed by atoms with Crippen molar-refractivity contribution in [3.63, 3.8) is 0 Å². The molecule has 8 nitrogen and oxygen atoms in total. The van der Waals surface area contributed by atoms with Crippen LogP contribution in [0.4, 0.5) is 5.69 Å². The highest BCUT2D eigenvalue weighted by molar-refractivity contribution is 5.98. The minimum absolute atomic E-state index is 0.130. The van der Waals surface area contributed by atoms with Crippen molar-refractivity contribution in [3.05, 3.63) is 89.7 Å². The third-order valence-electron chi connectivity index (χ3n) is 7.23. The SMILES string of the molecule is CC(=O)N1c2ccccc2C(C)(c2ccc(OCC(=O)NCc3ccncc3)cc2)C(C(N)=O)C1(C)C. The molecular weight excluding hydrogens is 468 g/mol. The van der Waals surface area contributed by atoms with Crippen LogP contribution in [0.5, 0.6) is 5.75 Å². The molecule has 0 bridgehead atoms. The maximum absolute atomic E-state index is 13.0. The summed E-state index contributed by atoms with van der Waals surface area (Å²) in [6.45, 7) is 7.50. The smallest absolute Gasteiger partial charge is 0.258 e. The molecular formula is C29H32N4O4. The normalized spacial score (nSPS) is 20.0. The molecule has 0 spiro atoms. The van der Waals surface area contributed by atoms with Crippen LogP contribution in [0.1, 0.15) is 44.4 Å². The van der Waals surface area contributed by atoms with E-state index in [0.29, 0.717) is 12.3 Å². The van der Waals surface area contributed by atoms with Crippen LogP contribution in [-0.2, 0) is 26.3 Å². The number of carbonyl (C=O) groups is 3. The molecule has 0 fully saturated rings. The van der Waals surface area contributed by atoms with Gasteiger partial charge in [-0.15, -0.1) is 0 Å². The van der Waals surface area contributed by atoms with Crippen molar-refractivity contribution >= 4 is 23.4 Å². The Kier molecular flexibility index (Phi) is 7.03. The highest BCUT2D eigenvalue weighted by atomic mass is 16.5. The van der Waals surface area contributed by atoms with Crippen molar-refractivity contribution in [2.24, 2.45) is 11.7 Å². The Balaban J connectivity index is 1.59. The van der Waals surface area contributed by atoms with Gasteiger partial charge in [-0.25, -0.2) is 0 Å². The second-order valence-corrected chi connectivity index (χ2v) is 10.0. The molecule has 2 unspecified atom stereocenters. The summed E-state index contributed by atoms with van der Waals surface area (Å²) in [6.07, 6.45) is 3.35. The number of hydrogen-bond acceptors (Lipinski definition) is 5. The first-order valence-corrected chi connectivity index (χ1v) is 12.2. The zero-order valence-corrected chi connectivity index (χ0v) is 21.5. The van der Waals surface area contributed by atoms with Gasteiger partial charge in [-0.05, 0) is 60.9 Å². The standard InChI is InChI=1S/C29H32N4O4/c1-19(34)33-24-8-6-5-7-23(24)29(4,26(27(30)36)28(33,2)3)21-9-11-22(12-10-21)37-18-25(35)32-17-20-13-15-31-16-14-20/h5-16,26H,17-18H2,1-4H3,(H2,30,36)(H,32,35). The molecule has 1 aromatic heterocycles. The number of carbonyl (C=O) groups excluding carboxylic acids is 3. The number of rotatable bonds is 7. The van der Waals surface area contributed by atoms with Gasteiger partial charge in [-0.3, -0.25) is 19.4 Å². The fourth-order valence-electron chi connectivity index (χ4n) is 5.74. The maximum Gasteiger partial charge on any atom is 0.258 e. The Bertz CT molecular complexity index is 1310. The number of para-hydroxylation sites is 1. The van der Waals surface area contributed by atoms with E-state index < -0.39 is 22.8 Å². The number of hydrogen-bond donors (Lipinski definition) is 2. The molecule has 1 aliphatic heterocycles. The molecule has 3 N–H and O–H groups in total. The molecule has 37 heavy (non-hydrogen) atoms. The third kappa shape index (κ3) is 4.79. The van der Waals surface area contributed by atoms with Gasteiger partial charge in [0.2, 0.25) is 11.8 Å². The van der Waals surface area contributed by atoms with Crippen molar-refractivity contribution in [2.75, 3.05) is 11.5 Å². The number of fused-ring (bicyclic) bond motifs is 1. The number of ether oxygens (including phenoxy) is 1. The van der Waals surface area contributed by atoms with Gasteiger partial charge in [0.05, 0.1) is 11.5 Å². The summed E-state index contributed by atoms with van der Waals surface area (Å²) in [6, 6.07) is 18.6. The summed E-state index contributed by atoms with van der Waals surface area (Å²) < 4.78 is 5.70. The predicted octanol–water partition coefficient (Wildman–Crippen LogP) is 3.33. The lowest BCUT2D eigenvalue weighted by Crippen LogP contribution is -2.65. The molecule has 0 aliphatic carbocycles. The van der Waals surface area contributed by atoms with E-state index in [0.717, 1.165) is 22.4 Å². The average Bonchev–Trinajstić information content (AvgIpc) is 2.86. The first kappa shape index (κ1) is 25.9. The zero-order valence-electron chi connectivity index (χ0n) is 21.5. The second-order valence-electron chi connectivity index (χ2n) is 10.0. The average molecular weight is 501 g/mol. The summed E-state index contributed by atoms with van der Waals surface area (Å²) in [5.41, 5.74) is 7.73. The fraction of sp³-hybridized carbons (Fsp3) is 0.310. The van der Waals surface area contributed by atoms with Gasteiger partial charge < -0.3 is 20.7 Å². The minimum Gasteiger partial charge on any atom is -0.484 e. The first-order chi connectivity index (χ1) is 17.6. The van der Waals surface area contributed by atoms with E-state index in [1.165, 1.54) is 6.92 Å². The van der Waals surface area contributed by atoms with E-state index in [-0.39, 0.29) is 18.4 Å². The summed E-state index contributed by atoms with van der Waals surface area (Å²) in [5, 5.41) is 2.81. The first-order valence-electron chi connectivity index (χ1n) is 12.2. The molecule has 4 rings (SSSR count). The number of nitrogens with two attached hydrogens (primary N) is 1. The quantitative estimate of drug-likeness (QED) is 0.517. The summed E-state index contributed by atoms with van der Waals surface area (Å²) in [4.78, 5) is 43.5. The number of amides is 3. The Morgan fingerprint density at radius 2 is 1.65 bits per heavy atom. The predicted molar refractivity (Wildman–Crippen MR) is 141 cm³/mol. The lowest BCUT2D eigenvalue weighted by molar-refractivity contribution is -0.127. The minimum atomic E-state index is -0.872. The van der Waals surface area contributed by atoms with Crippen LogP contribution in [0.2, 0.25) is 0 Å². The van der Waals surface area contributed by atoms with Gasteiger partial charge >= 0.3 is 0 Å². The van der Waals surface area contributed by atoms with Gasteiger partial charge in [0, 0.05) is 37.0 Å². The third-order valence-corrected chi connectivity index (χ3v) is 7.23. The van der Waals surface area contributed by atoms with Crippen LogP contribution in [-0.4, -0.2) is 34.9 Å². The highest BCUT2D eigenvalue weighted by Gasteiger charge is 2.57. The lowest BCUT2D eigenvalue weighted by Gasteiger charge is -2.55. The molecule has 2 heterocycles. The van der Waals surface area contributed by atoms with Gasteiger partial charge in [-0.2, -0.15) is 0 Å². The Morgan fingerprint density at radius 1 is 1.00 bits per heavy atom. The van der Waals surface area contributed by atoms with Crippen molar-refractivity contribution in [3.8, 4) is 5.75 Å². The molecule has 192 valence electrons. The Morgan fingerprint density at radius 3 is 2.27 bits per heavy atom.